The largest absolute Gasteiger partial charge is 0.489 e. The molecular formula is C13H9Cl2FO. The second kappa shape index (κ2) is 5.39. The number of halogens is 3. The van der Waals surface area contributed by atoms with Gasteiger partial charge in [0.25, 0.3) is 0 Å². The van der Waals surface area contributed by atoms with Gasteiger partial charge < -0.3 is 4.74 Å². The Morgan fingerprint density at radius 2 is 1.82 bits per heavy atom. The van der Waals surface area contributed by atoms with Gasteiger partial charge in [0.15, 0.2) is 0 Å². The van der Waals surface area contributed by atoms with Crippen molar-refractivity contribution in [2.45, 2.75) is 6.61 Å². The van der Waals surface area contributed by atoms with Crippen molar-refractivity contribution in [1.82, 2.24) is 0 Å². The normalized spacial score (nSPS) is 10.3. The number of hydrogen-bond acceptors (Lipinski definition) is 1. The highest BCUT2D eigenvalue weighted by molar-refractivity contribution is 6.42. The summed E-state index contributed by atoms with van der Waals surface area (Å²) in [5.41, 5.74) is 0.767. The highest BCUT2D eigenvalue weighted by atomic mass is 35.5. The molecule has 4 heteroatoms. The molecule has 88 valence electrons. The Hall–Kier alpha value is -1.25. The van der Waals surface area contributed by atoms with E-state index in [4.69, 9.17) is 27.9 Å². The summed E-state index contributed by atoms with van der Waals surface area (Å²) in [6, 6.07) is 11.3. The number of ether oxygens (including phenoxy) is 1. The van der Waals surface area contributed by atoms with Crippen molar-refractivity contribution in [2.75, 3.05) is 0 Å². The molecule has 0 aromatic heterocycles. The van der Waals surface area contributed by atoms with E-state index in [1.165, 1.54) is 12.1 Å². The third-order valence-electron chi connectivity index (χ3n) is 2.22. The molecule has 17 heavy (non-hydrogen) atoms. The fourth-order valence-electron chi connectivity index (χ4n) is 1.38. The molecular weight excluding hydrogens is 262 g/mol. The van der Waals surface area contributed by atoms with E-state index >= 15 is 0 Å². The van der Waals surface area contributed by atoms with Crippen molar-refractivity contribution in [3.63, 3.8) is 0 Å². The maximum absolute atomic E-state index is 12.9. The van der Waals surface area contributed by atoms with Gasteiger partial charge in [-0.2, -0.15) is 0 Å². The van der Waals surface area contributed by atoms with Gasteiger partial charge in [0, 0.05) is 11.6 Å². The summed E-state index contributed by atoms with van der Waals surface area (Å²) < 4.78 is 18.3. The van der Waals surface area contributed by atoms with E-state index in [1.807, 2.05) is 6.07 Å². The topological polar surface area (TPSA) is 9.23 Å². The molecule has 0 aliphatic heterocycles. The van der Waals surface area contributed by atoms with E-state index < -0.39 is 0 Å². The van der Waals surface area contributed by atoms with Crippen LogP contribution >= 0.6 is 23.2 Å². The summed E-state index contributed by atoms with van der Waals surface area (Å²) in [4.78, 5) is 0. The van der Waals surface area contributed by atoms with Crippen molar-refractivity contribution in [2.24, 2.45) is 0 Å². The second-order valence-electron chi connectivity index (χ2n) is 3.46. The predicted molar refractivity (Wildman–Crippen MR) is 67.2 cm³/mol. The summed E-state index contributed by atoms with van der Waals surface area (Å²) in [6.45, 7) is 0.253. The minimum absolute atomic E-state index is 0.253. The van der Waals surface area contributed by atoms with Crippen LogP contribution in [0.5, 0.6) is 5.75 Å². The average Bonchev–Trinajstić information content (AvgIpc) is 2.31. The first-order valence-electron chi connectivity index (χ1n) is 4.98. The summed E-state index contributed by atoms with van der Waals surface area (Å²) in [5, 5.41) is 0.942. The summed E-state index contributed by atoms with van der Waals surface area (Å²) in [5.74, 6) is 0.126. The molecule has 0 heterocycles. The van der Waals surface area contributed by atoms with E-state index in [1.54, 1.807) is 24.3 Å². The molecule has 1 nitrogen and oxygen atoms in total. The molecule has 0 saturated heterocycles. The molecule has 0 amide bonds. The van der Waals surface area contributed by atoms with Gasteiger partial charge >= 0.3 is 0 Å². The second-order valence-corrected chi connectivity index (χ2v) is 4.24. The molecule has 2 aromatic rings. The van der Waals surface area contributed by atoms with E-state index in [9.17, 15) is 4.39 Å². The number of benzene rings is 2. The predicted octanol–water partition coefficient (Wildman–Crippen LogP) is 4.71. The van der Waals surface area contributed by atoms with Crippen LogP contribution in [0.3, 0.4) is 0 Å². The minimum atomic E-state index is -0.334. The van der Waals surface area contributed by atoms with Crippen molar-refractivity contribution in [1.29, 1.82) is 0 Å². The van der Waals surface area contributed by atoms with Crippen LogP contribution < -0.4 is 4.74 Å². The maximum Gasteiger partial charge on any atom is 0.126 e. The lowest BCUT2D eigenvalue weighted by Gasteiger charge is -2.08. The standard InChI is InChI=1S/C13H9Cl2FO/c14-12-6-1-3-9(13(12)15)8-17-11-5-2-4-10(16)7-11/h1-7H,8H2. The number of hydrogen-bond donors (Lipinski definition) is 0. The molecule has 0 bridgehead atoms. The molecule has 0 fully saturated rings. The Bertz CT molecular complexity index is 529. The average molecular weight is 271 g/mol. The zero-order valence-electron chi connectivity index (χ0n) is 8.79. The molecule has 2 rings (SSSR count). The Morgan fingerprint density at radius 1 is 1.06 bits per heavy atom. The van der Waals surface area contributed by atoms with Gasteiger partial charge in [0.05, 0.1) is 10.0 Å². The van der Waals surface area contributed by atoms with E-state index in [2.05, 4.69) is 0 Å². The first-order chi connectivity index (χ1) is 8.16. The summed E-state index contributed by atoms with van der Waals surface area (Å²) in [7, 11) is 0. The van der Waals surface area contributed by atoms with Gasteiger partial charge in [-0.05, 0) is 18.2 Å². The monoisotopic (exact) mass is 270 g/mol. The van der Waals surface area contributed by atoms with Gasteiger partial charge in [0.1, 0.15) is 18.2 Å². The zero-order valence-corrected chi connectivity index (χ0v) is 10.3. The van der Waals surface area contributed by atoms with Gasteiger partial charge in [-0.3, -0.25) is 0 Å². The fraction of sp³-hybridized carbons (Fsp3) is 0.0769. The van der Waals surface area contributed by atoms with Crippen LogP contribution in [0.25, 0.3) is 0 Å². The lowest BCUT2D eigenvalue weighted by Crippen LogP contribution is -1.96. The van der Waals surface area contributed by atoms with Crippen LogP contribution in [0.4, 0.5) is 4.39 Å². The zero-order chi connectivity index (χ0) is 12.3. The highest BCUT2D eigenvalue weighted by Crippen LogP contribution is 2.26. The van der Waals surface area contributed by atoms with Crippen LogP contribution in [0, 0.1) is 5.82 Å². The molecule has 0 radical (unpaired) electrons. The Morgan fingerprint density at radius 3 is 2.59 bits per heavy atom. The molecule has 0 saturated carbocycles. The van der Waals surface area contributed by atoms with E-state index in [0.717, 1.165) is 5.56 Å². The van der Waals surface area contributed by atoms with Crippen molar-refractivity contribution in [3.05, 3.63) is 63.9 Å². The Kier molecular flexibility index (Phi) is 3.87. The first-order valence-corrected chi connectivity index (χ1v) is 5.73. The van der Waals surface area contributed by atoms with Crippen LogP contribution in [0.2, 0.25) is 10.0 Å². The van der Waals surface area contributed by atoms with Crippen molar-refractivity contribution < 1.29 is 9.13 Å². The quantitative estimate of drug-likeness (QED) is 0.785. The molecule has 2 aromatic carbocycles. The molecule has 0 N–H and O–H groups in total. The molecule has 0 aliphatic carbocycles. The summed E-state index contributed by atoms with van der Waals surface area (Å²) >= 11 is 11.9. The third kappa shape index (κ3) is 3.11. The smallest absolute Gasteiger partial charge is 0.126 e. The van der Waals surface area contributed by atoms with E-state index in [-0.39, 0.29) is 12.4 Å². The van der Waals surface area contributed by atoms with Crippen LogP contribution in [-0.2, 0) is 6.61 Å². The molecule has 0 unspecified atom stereocenters. The van der Waals surface area contributed by atoms with Gasteiger partial charge in [-0.25, -0.2) is 4.39 Å². The molecule has 0 atom stereocenters. The van der Waals surface area contributed by atoms with Gasteiger partial charge in [0.2, 0.25) is 0 Å². The number of rotatable bonds is 3. The Balaban J connectivity index is 2.10. The fourth-order valence-corrected chi connectivity index (χ4v) is 1.75. The maximum atomic E-state index is 12.9. The molecule has 0 aliphatic rings. The van der Waals surface area contributed by atoms with Gasteiger partial charge in [-0.15, -0.1) is 0 Å². The van der Waals surface area contributed by atoms with Crippen LogP contribution in [-0.4, -0.2) is 0 Å². The third-order valence-corrected chi connectivity index (χ3v) is 3.08. The lowest BCUT2D eigenvalue weighted by molar-refractivity contribution is 0.304. The first kappa shape index (κ1) is 12.2. The van der Waals surface area contributed by atoms with Crippen LogP contribution in [0.15, 0.2) is 42.5 Å². The van der Waals surface area contributed by atoms with Crippen LogP contribution in [0.1, 0.15) is 5.56 Å². The molecule has 0 spiro atoms. The minimum Gasteiger partial charge on any atom is -0.489 e. The van der Waals surface area contributed by atoms with Gasteiger partial charge in [-0.1, -0.05) is 41.4 Å². The lowest BCUT2D eigenvalue weighted by atomic mass is 10.2. The SMILES string of the molecule is Fc1cccc(OCc2cccc(Cl)c2Cl)c1. The summed E-state index contributed by atoms with van der Waals surface area (Å²) in [6.07, 6.45) is 0. The Labute approximate surface area is 109 Å². The van der Waals surface area contributed by atoms with E-state index in [0.29, 0.717) is 15.8 Å². The van der Waals surface area contributed by atoms with Crippen molar-refractivity contribution in [3.8, 4) is 5.75 Å². The van der Waals surface area contributed by atoms with Crippen molar-refractivity contribution >= 4 is 23.2 Å². The highest BCUT2D eigenvalue weighted by Gasteiger charge is 2.05.